The number of hydrogen-bond acceptors (Lipinski definition) is 2. The molecule has 0 amide bonds. The molecule has 3 heteroatoms. The van der Waals surface area contributed by atoms with Crippen molar-refractivity contribution in [3.63, 3.8) is 0 Å². The average molecular weight is 337 g/mol. The molecule has 4 aromatic rings. The van der Waals surface area contributed by atoms with Crippen molar-refractivity contribution in [1.29, 1.82) is 0 Å². The van der Waals surface area contributed by atoms with E-state index in [1.807, 2.05) is 6.92 Å². The summed E-state index contributed by atoms with van der Waals surface area (Å²) in [7, 11) is 0. The monoisotopic (exact) mass is 337 g/mol. The Labute approximate surface area is 153 Å². The predicted octanol–water partition coefficient (Wildman–Crippen LogP) is 4.72. The van der Waals surface area contributed by atoms with E-state index in [1.54, 1.807) is 0 Å². The van der Waals surface area contributed by atoms with Gasteiger partial charge in [-0.3, -0.25) is 0 Å². The molecule has 3 aromatic carbocycles. The normalized spacial score (nSPS) is 18.2. The van der Waals surface area contributed by atoms with Gasteiger partial charge in [0, 0.05) is 0 Å². The molecular weight excluding hydrogens is 318 g/mol. The molecule has 126 valence electrons. The van der Waals surface area contributed by atoms with Crippen LogP contribution in [0.5, 0.6) is 0 Å². The molecule has 1 aliphatic rings. The van der Waals surface area contributed by atoms with Crippen LogP contribution in [0.2, 0.25) is 0 Å². The molecule has 2 atom stereocenters. The number of rotatable bonds is 2. The van der Waals surface area contributed by atoms with E-state index < -0.39 is 0 Å². The first kappa shape index (κ1) is 15.1. The molecule has 5 rings (SSSR count). The topological polar surface area (TPSA) is 30.7 Å². The molecule has 2 heterocycles. The minimum absolute atomic E-state index is 0.0589. The van der Waals surface area contributed by atoms with E-state index in [1.165, 1.54) is 22.3 Å². The van der Waals surface area contributed by atoms with Crippen molar-refractivity contribution >= 4 is 0 Å². The largest absolute Gasteiger partial charge is 0.237 e. The lowest BCUT2D eigenvalue weighted by Crippen LogP contribution is -2.26. The van der Waals surface area contributed by atoms with Crippen LogP contribution in [-0.2, 0) is 0 Å². The fourth-order valence-corrected chi connectivity index (χ4v) is 4.06. The van der Waals surface area contributed by atoms with Crippen LogP contribution in [0.15, 0.2) is 84.9 Å². The van der Waals surface area contributed by atoms with E-state index >= 15 is 0 Å². The van der Waals surface area contributed by atoms with Crippen LogP contribution in [0, 0.1) is 6.92 Å². The maximum Gasteiger partial charge on any atom is 0.147 e. The molecule has 0 unspecified atom stereocenters. The zero-order valence-electron chi connectivity index (χ0n) is 14.6. The van der Waals surface area contributed by atoms with E-state index in [2.05, 4.69) is 89.6 Å². The van der Waals surface area contributed by atoms with Crippen molar-refractivity contribution in [2.45, 2.75) is 18.9 Å². The van der Waals surface area contributed by atoms with E-state index in [-0.39, 0.29) is 12.0 Å². The van der Waals surface area contributed by atoms with Crippen molar-refractivity contribution in [2.75, 3.05) is 0 Å². The molecule has 3 nitrogen and oxygen atoms in total. The van der Waals surface area contributed by atoms with Gasteiger partial charge in [0.05, 0.1) is 5.92 Å². The van der Waals surface area contributed by atoms with E-state index in [9.17, 15) is 0 Å². The minimum Gasteiger partial charge on any atom is -0.237 e. The van der Waals surface area contributed by atoms with Crippen LogP contribution in [0.4, 0.5) is 0 Å². The molecule has 1 aromatic heterocycles. The predicted molar refractivity (Wildman–Crippen MR) is 102 cm³/mol. The van der Waals surface area contributed by atoms with Gasteiger partial charge in [0.25, 0.3) is 0 Å². The highest BCUT2D eigenvalue weighted by Gasteiger charge is 2.35. The quantitative estimate of drug-likeness (QED) is 0.467. The second kappa shape index (κ2) is 5.95. The summed E-state index contributed by atoms with van der Waals surface area (Å²) in [5, 5.41) is 4.79. The Hall–Kier alpha value is -3.20. The Morgan fingerprint density at radius 3 is 1.96 bits per heavy atom. The van der Waals surface area contributed by atoms with Gasteiger partial charge in [0.2, 0.25) is 0 Å². The van der Waals surface area contributed by atoms with Crippen LogP contribution in [0.25, 0.3) is 0 Å². The average Bonchev–Trinajstić information content (AvgIpc) is 3.07. The van der Waals surface area contributed by atoms with Gasteiger partial charge in [-0.1, -0.05) is 84.9 Å². The van der Waals surface area contributed by atoms with Crippen molar-refractivity contribution in [3.05, 3.63) is 119 Å². The molecule has 0 radical (unpaired) electrons. The summed E-state index contributed by atoms with van der Waals surface area (Å²) in [6.45, 7) is 1.97. The molecule has 0 N–H and O–H groups in total. The number of fused-ring (bicyclic) bond motifs is 2. The molecule has 0 spiro atoms. The standard InChI is InChI=1S/C23H19N3/c1-16-24-23-21(17-10-4-2-5-11-17)19-14-8-9-15-20(19)22(26(23)25-16)18-12-6-3-7-13-18/h2-15,21-22H,1H3/t21-,22-/m0/s1. The van der Waals surface area contributed by atoms with Gasteiger partial charge < -0.3 is 0 Å². The zero-order chi connectivity index (χ0) is 17.5. The fourth-order valence-electron chi connectivity index (χ4n) is 4.06. The second-order valence-corrected chi connectivity index (χ2v) is 6.75. The second-order valence-electron chi connectivity index (χ2n) is 6.75. The van der Waals surface area contributed by atoms with Crippen molar-refractivity contribution in [2.24, 2.45) is 0 Å². The Morgan fingerprint density at radius 1 is 0.692 bits per heavy atom. The van der Waals surface area contributed by atoms with E-state index in [0.29, 0.717) is 0 Å². The summed E-state index contributed by atoms with van der Waals surface area (Å²) in [4.78, 5) is 4.84. The van der Waals surface area contributed by atoms with E-state index in [0.717, 1.165) is 11.6 Å². The molecule has 0 bridgehead atoms. The first-order valence-electron chi connectivity index (χ1n) is 8.94. The smallest absolute Gasteiger partial charge is 0.147 e. The van der Waals surface area contributed by atoms with Crippen LogP contribution in [0.3, 0.4) is 0 Å². The lowest BCUT2D eigenvalue weighted by molar-refractivity contribution is 0.524. The molecule has 1 aliphatic heterocycles. The summed E-state index contributed by atoms with van der Waals surface area (Å²) >= 11 is 0. The van der Waals surface area contributed by atoms with E-state index in [4.69, 9.17) is 10.1 Å². The summed E-state index contributed by atoms with van der Waals surface area (Å²) < 4.78 is 2.12. The summed E-state index contributed by atoms with van der Waals surface area (Å²) in [6, 6.07) is 29.9. The molecule has 0 saturated heterocycles. The molecule has 0 fully saturated rings. The fraction of sp³-hybridized carbons (Fsp3) is 0.130. The third-order valence-electron chi connectivity index (χ3n) is 5.12. The zero-order valence-corrected chi connectivity index (χ0v) is 14.6. The summed E-state index contributed by atoms with van der Waals surface area (Å²) in [5.41, 5.74) is 5.09. The first-order valence-corrected chi connectivity index (χ1v) is 8.94. The third kappa shape index (κ3) is 2.28. The Balaban J connectivity index is 1.80. The van der Waals surface area contributed by atoms with Crippen LogP contribution in [0.1, 0.15) is 45.9 Å². The van der Waals surface area contributed by atoms with Crippen LogP contribution >= 0.6 is 0 Å². The highest BCUT2D eigenvalue weighted by Crippen LogP contribution is 2.43. The summed E-state index contributed by atoms with van der Waals surface area (Å²) in [6.07, 6.45) is 0. The number of nitrogens with zero attached hydrogens (tertiary/aromatic N) is 3. The van der Waals surface area contributed by atoms with Crippen LogP contribution < -0.4 is 0 Å². The Morgan fingerprint density at radius 2 is 1.27 bits per heavy atom. The lowest BCUT2D eigenvalue weighted by atomic mass is 9.81. The van der Waals surface area contributed by atoms with Crippen molar-refractivity contribution < 1.29 is 0 Å². The Bertz CT molecular complexity index is 967. The van der Waals surface area contributed by atoms with Gasteiger partial charge in [-0.05, 0) is 29.2 Å². The minimum atomic E-state index is 0.0589. The number of benzene rings is 3. The number of hydrogen-bond donors (Lipinski definition) is 0. The third-order valence-corrected chi connectivity index (χ3v) is 5.12. The van der Waals surface area contributed by atoms with Gasteiger partial charge >= 0.3 is 0 Å². The highest BCUT2D eigenvalue weighted by molar-refractivity contribution is 5.50. The first-order chi connectivity index (χ1) is 12.8. The molecular formula is C23H19N3. The van der Waals surface area contributed by atoms with Crippen molar-refractivity contribution in [3.8, 4) is 0 Å². The molecule has 0 saturated carbocycles. The maximum atomic E-state index is 4.84. The van der Waals surface area contributed by atoms with Gasteiger partial charge in [-0.25, -0.2) is 9.67 Å². The van der Waals surface area contributed by atoms with Gasteiger partial charge in [0.15, 0.2) is 0 Å². The van der Waals surface area contributed by atoms with Gasteiger partial charge in [0.1, 0.15) is 17.7 Å². The molecule has 26 heavy (non-hydrogen) atoms. The van der Waals surface area contributed by atoms with Gasteiger partial charge in [-0.15, -0.1) is 0 Å². The Kier molecular flexibility index (Phi) is 3.45. The molecule has 0 aliphatic carbocycles. The maximum absolute atomic E-state index is 4.84. The SMILES string of the molecule is Cc1nc2n(n1)[C@@H](c1ccccc1)c1ccccc1[C@@H]2c1ccccc1. The number of aromatic nitrogens is 3. The van der Waals surface area contributed by atoms with Gasteiger partial charge in [-0.2, -0.15) is 5.10 Å². The lowest BCUT2D eigenvalue weighted by Gasteiger charge is -2.32. The summed E-state index contributed by atoms with van der Waals surface area (Å²) in [5.74, 6) is 1.93. The number of aryl methyl sites for hydroxylation is 1. The highest BCUT2D eigenvalue weighted by atomic mass is 15.4. The van der Waals surface area contributed by atoms with Crippen LogP contribution in [-0.4, -0.2) is 14.8 Å². The van der Waals surface area contributed by atoms with Crippen molar-refractivity contribution in [1.82, 2.24) is 14.8 Å².